The van der Waals surface area contributed by atoms with E-state index in [1.54, 1.807) is 13.2 Å². The van der Waals surface area contributed by atoms with Crippen LogP contribution in [0.1, 0.15) is 119 Å². The Kier molecular flexibility index (Phi) is 15.7. The minimum Gasteiger partial charge on any atom is -0.462 e. The monoisotopic (exact) mass is 465 g/mol. The van der Waals surface area contributed by atoms with Gasteiger partial charge in [-0.1, -0.05) is 70.4 Å². The second kappa shape index (κ2) is 17.8. The number of ether oxygens (including phenoxy) is 1. The Morgan fingerprint density at radius 3 is 2.06 bits per heavy atom. The van der Waals surface area contributed by atoms with Crippen LogP contribution in [-0.4, -0.2) is 34.5 Å². The highest BCUT2D eigenvalue weighted by Gasteiger charge is 2.25. The highest BCUT2D eigenvalue weighted by Crippen LogP contribution is 2.26. The van der Waals surface area contributed by atoms with Crippen LogP contribution in [0.4, 0.5) is 5.82 Å². The maximum Gasteiger partial charge on any atom is 0.344 e. The molecular formula is C25H43N3O3S. The van der Waals surface area contributed by atoms with Crippen molar-refractivity contribution in [3.05, 3.63) is 17.7 Å². The zero-order valence-electron chi connectivity index (χ0n) is 20.4. The van der Waals surface area contributed by atoms with Gasteiger partial charge in [0.25, 0.3) is 0 Å². The lowest BCUT2D eigenvalue weighted by molar-refractivity contribution is 0.0523. The Labute approximate surface area is 198 Å². The van der Waals surface area contributed by atoms with Crippen LogP contribution >= 0.6 is 11.8 Å². The molecule has 0 atom stereocenters. The summed E-state index contributed by atoms with van der Waals surface area (Å²) in [5, 5.41) is 4.65. The average Bonchev–Trinajstić information content (AvgIpc) is 3.12. The lowest BCUT2D eigenvalue weighted by Crippen LogP contribution is -2.16. The van der Waals surface area contributed by atoms with Gasteiger partial charge in [-0.3, -0.25) is 4.79 Å². The van der Waals surface area contributed by atoms with Crippen LogP contribution < -0.4 is 5.73 Å². The number of thioether (sulfide) groups is 1. The number of esters is 1. The fourth-order valence-electron chi connectivity index (χ4n) is 3.59. The molecule has 0 amide bonds. The first kappa shape index (κ1) is 28.3. The molecular weight excluding hydrogens is 422 g/mol. The van der Waals surface area contributed by atoms with Gasteiger partial charge in [0.05, 0.1) is 6.61 Å². The first-order valence-electron chi connectivity index (χ1n) is 12.3. The van der Waals surface area contributed by atoms with Crippen molar-refractivity contribution in [2.24, 2.45) is 0 Å². The number of anilines is 1. The number of carbonyl (C=O) groups excluding carboxylic acids is 2. The summed E-state index contributed by atoms with van der Waals surface area (Å²) in [6.45, 7) is 4.24. The van der Waals surface area contributed by atoms with E-state index in [2.05, 4.69) is 24.2 Å². The molecule has 7 heteroatoms. The molecule has 0 saturated carbocycles. The van der Waals surface area contributed by atoms with Crippen molar-refractivity contribution in [1.29, 1.82) is 0 Å². The number of unbranched alkanes of at least 4 members (excludes halogenated alkanes) is 11. The average molecular weight is 466 g/mol. The van der Waals surface area contributed by atoms with E-state index >= 15 is 0 Å². The van der Waals surface area contributed by atoms with Crippen LogP contribution in [0.25, 0.3) is 0 Å². The summed E-state index contributed by atoms with van der Waals surface area (Å²) >= 11 is 1.28. The fraction of sp³-hybridized carbons (Fsp3) is 0.720. The highest BCUT2D eigenvalue weighted by atomic mass is 32.2. The van der Waals surface area contributed by atoms with Gasteiger partial charge in [0.15, 0.2) is 0 Å². The van der Waals surface area contributed by atoms with Gasteiger partial charge < -0.3 is 10.5 Å². The Morgan fingerprint density at radius 2 is 1.50 bits per heavy atom. The number of allylic oxidation sites excluding steroid dienone is 2. The summed E-state index contributed by atoms with van der Waals surface area (Å²) in [6, 6.07) is 0. The number of carbonyl (C=O) groups is 2. The molecule has 1 aromatic heterocycles. The predicted molar refractivity (Wildman–Crippen MR) is 134 cm³/mol. The molecule has 0 aromatic carbocycles. The molecule has 1 aromatic rings. The van der Waals surface area contributed by atoms with Gasteiger partial charge in [0.2, 0.25) is 5.91 Å². The number of nitrogens with zero attached hydrogens (tertiary/aromatic N) is 2. The zero-order chi connectivity index (χ0) is 23.6. The maximum absolute atomic E-state index is 12.5. The maximum atomic E-state index is 12.5. The number of aromatic nitrogens is 2. The summed E-state index contributed by atoms with van der Waals surface area (Å²) in [4.78, 5) is 24.6. The quantitative estimate of drug-likeness (QED) is 0.108. The number of nitrogens with two attached hydrogens (primary N) is 1. The second-order valence-corrected chi connectivity index (χ2v) is 8.92. The molecule has 1 heterocycles. The third kappa shape index (κ3) is 10.7. The molecule has 0 bridgehead atoms. The van der Waals surface area contributed by atoms with E-state index in [4.69, 9.17) is 10.5 Å². The van der Waals surface area contributed by atoms with Crippen LogP contribution in [0.15, 0.2) is 17.2 Å². The molecule has 6 nitrogen and oxygen atoms in total. The Bertz CT molecular complexity index is 701. The molecule has 32 heavy (non-hydrogen) atoms. The normalized spacial score (nSPS) is 11.3. The van der Waals surface area contributed by atoms with Gasteiger partial charge in [-0.15, -0.1) is 11.8 Å². The third-order valence-electron chi connectivity index (χ3n) is 5.45. The molecule has 1 rings (SSSR count). The molecule has 0 unspecified atom stereocenters. The van der Waals surface area contributed by atoms with Crippen molar-refractivity contribution >= 4 is 29.5 Å². The lowest BCUT2D eigenvalue weighted by atomic mass is 10.1. The highest BCUT2D eigenvalue weighted by molar-refractivity contribution is 7.98. The van der Waals surface area contributed by atoms with Crippen LogP contribution in [0.3, 0.4) is 0 Å². The smallest absolute Gasteiger partial charge is 0.344 e. The molecule has 182 valence electrons. The third-order valence-corrected chi connectivity index (χ3v) is 6.12. The first-order valence-corrected chi connectivity index (χ1v) is 13.6. The van der Waals surface area contributed by atoms with Crippen molar-refractivity contribution in [3.63, 3.8) is 0 Å². The number of nitrogen functional groups attached to an aromatic ring is 1. The molecule has 2 N–H and O–H groups in total. The summed E-state index contributed by atoms with van der Waals surface area (Å²) in [6.07, 6.45) is 22.6. The summed E-state index contributed by atoms with van der Waals surface area (Å²) in [5.74, 6) is -0.633. The van der Waals surface area contributed by atoms with Gasteiger partial charge in [-0.2, -0.15) is 9.78 Å². The Balaban J connectivity index is 2.18. The van der Waals surface area contributed by atoms with Gasteiger partial charge in [0.1, 0.15) is 16.4 Å². The van der Waals surface area contributed by atoms with E-state index in [0.29, 0.717) is 11.4 Å². The number of hydrogen-bond donors (Lipinski definition) is 1. The molecule has 0 radical (unpaired) electrons. The first-order chi connectivity index (χ1) is 15.6. The number of hydrogen-bond acceptors (Lipinski definition) is 6. The molecule has 0 spiro atoms. The van der Waals surface area contributed by atoms with Gasteiger partial charge in [-0.05, 0) is 45.3 Å². The van der Waals surface area contributed by atoms with Crippen molar-refractivity contribution in [2.45, 2.75) is 109 Å². The SMILES string of the molecule is CCCCCCCC/C=C/CCCCCCCC(=O)n1nc(SC)c(C(=O)OCC)c1N. The topological polar surface area (TPSA) is 87.2 Å². The van der Waals surface area contributed by atoms with Gasteiger partial charge in [-0.25, -0.2) is 4.79 Å². The van der Waals surface area contributed by atoms with Gasteiger partial charge >= 0.3 is 5.97 Å². The minimum atomic E-state index is -0.533. The molecule has 0 aliphatic rings. The van der Waals surface area contributed by atoms with E-state index in [1.807, 2.05) is 0 Å². The molecule has 0 aliphatic heterocycles. The Morgan fingerprint density at radius 1 is 0.938 bits per heavy atom. The molecule has 0 aliphatic carbocycles. The number of rotatable bonds is 18. The summed E-state index contributed by atoms with van der Waals surface area (Å²) in [5.41, 5.74) is 6.22. The zero-order valence-corrected chi connectivity index (χ0v) is 21.2. The predicted octanol–water partition coefficient (Wildman–Crippen LogP) is 7.04. The molecule has 0 fully saturated rings. The summed E-state index contributed by atoms with van der Waals surface area (Å²) < 4.78 is 6.19. The second-order valence-electron chi connectivity index (χ2n) is 8.13. The standard InChI is InChI=1S/C25H43N3O3S/c1-4-6-7-8-9-10-11-12-13-14-15-16-17-18-19-20-21(29)28-23(26)22(24(27-28)32-3)25(30)31-5-2/h12-13H,4-11,14-20,26H2,1-3H3/b13-12+. The van der Waals surface area contributed by atoms with Gasteiger partial charge in [0, 0.05) is 6.42 Å². The van der Waals surface area contributed by atoms with E-state index in [1.165, 1.54) is 69.5 Å². The van der Waals surface area contributed by atoms with Crippen molar-refractivity contribution in [1.82, 2.24) is 9.78 Å². The molecule has 0 saturated heterocycles. The fourth-order valence-corrected chi connectivity index (χ4v) is 4.15. The van der Waals surface area contributed by atoms with E-state index in [-0.39, 0.29) is 23.9 Å². The van der Waals surface area contributed by atoms with Crippen molar-refractivity contribution in [2.75, 3.05) is 18.6 Å². The Hall–Kier alpha value is -1.76. The van der Waals surface area contributed by atoms with Crippen molar-refractivity contribution in [3.8, 4) is 0 Å². The lowest BCUT2D eigenvalue weighted by Gasteiger charge is -2.04. The largest absolute Gasteiger partial charge is 0.462 e. The van der Waals surface area contributed by atoms with E-state index in [9.17, 15) is 9.59 Å². The van der Waals surface area contributed by atoms with Crippen LogP contribution in [0, 0.1) is 0 Å². The summed E-state index contributed by atoms with van der Waals surface area (Å²) in [7, 11) is 0. The van der Waals surface area contributed by atoms with Crippen LogP contribution in [-0.2, 0) is 4.74 Å². The minimum absolute atomic E-state index is 0.0746. The van der Waals surface area contributed by atoms with Crippen molar-refractivity contribution < 1.29 is 14.3 Å². The van der Waals surface area contributed by atoms with E-state index in [0.717, 1.165) is 30.4 Å². The van der Waals surface area contributed by atoms with Crippen LogP contribution in [0.5, 0.6) is 0 Å². The van der Waals surface area contributed by atoms with E-state index < -0.39 is 5.97 Å². The van der Waals surface area contributed by atoms with Crippen LogP contribution in [0.2, 0.25) is 0 Å².